The Labute approximate surface area is 232 Å². The molecule has 0 radical (unpaired) electrons. The minimum Gasteiger partial charge on any atom is -0.350 e. The molecule has 2 aliphatic heterocycles. The van der Waals surface area contributed by atoms with Crippen molar-refractivity contribution in [2.24, 2.45) is 5.41 Å². The van der Waals surface area contributed by atoms with Crippen molar-refractivity contribution < 1.29 is 22.0 Å². The number of rotatable bonds is 7. The number of carbonyl (C=O) groups excluding carboxylic acids is 1. The average Bonchev–Trinajstić information content (AvgIpc) is 3.22. The second-order valence-corrected chi connectivity index (χ2v) is 13.0. The Balaban J connectivity index is 1.78. The normalized spacial score (nSPS) is 22.9. The number of amides is 1. The minimum atomic E-state index is -3.47. The first-order valence-electron chi connectivity index (χ1n) is 12.6. The first-order chi connectivity index (χ1) is 18.8. The van der Waals surface area contributed by atoms with Gasteiger partial charge in [0.25, 0.3) is 0 Å². The van der Waals surface area contributed by atoms with E-state index in [2.05, 4.69) is 21.0 Å². The summed E-state index contributed by atoms with van der Waals surface area (Å²) in [6.07, 6.45) is 4.02. The molecule has 0 aromatic carbocycles. The Bertz CT molecular complexity index is 1500. The summed E-state index contributed by atoms with van der Waals surface area (Å²) in [5, 5.41) is 18.8. The Hall–Kier alpha value is -3.91. The van der Waals surface area contributed by atoms with Crippen molar-refractivity contribution in [1.29, 1.82) is 10.5 Å². The lowest BCUT2D eigenvalue weighted by Crippen LogP contribution is -2.62. The highest BCUT2D eigenvalue weighted by molar-refractivity contribution is 7.90. The third-order valence-corrected chi connectivity index (χ3v) is 8.67. The highest BCUT2D eigenvalue weighted by Gasteiger charge is 2.49. The maximum absolute atomic E-state index is 13.7. The molecular weight excluding hydrogens is 542 g/mol. The molecule has 2 aliphatic rings. The van der Waals surface area contributed by atoms with Crippen molar-refractivity contribution >= 4 is 33.2 Å². The molecule has 1 amide bonds. The molecule has 1 unspecified atom stereocenters. The van der Waals surface area contributed by atoms with Crippen LogP contribution in [-0.2, 0) is 20.0 Å². The average molecular weight is 573 g/mol. The van der Waals surface area contributed by atoms with Gasteiger partial charge in [-0.05, 0) is 26.0 Å². The summed E-state index contributed by atoms with van der Waals surface area (Å²) < 4.78 is 52.5. The van der Waals surface area contributed by atoms with Crippen LogP contribution in [0.4, 0.5) is 26.2 Å². The van der Waals surface area contributed by atoms with Gasteiger partial charge in [0.15, 0.2) is 5.41 Å². The molecule has 14 heteroatoms. The first kappa shape index (κ1) is 29.1. The van der Waals surface area contributed by atoms with Gasteiger partial charge in [-0.25, -0.2) is 32.2 Å². The van der Waals surface area contributed by atoms with Crippen LogP contribution in [0.1, 0.15) is 31.9 Å². The van der Waals surface area contributed by atoms with Gasteiger partial charge in [-0.2, -0.15) is 10.5 Å². The van der Waals surface area contributed by atoms with Crippen LogP contribution in [0.2, 0.25) is 0 Å². The molecule has 4 heterocycles. The van der Waals surface area contributed by atoms with Crippen molar-refractivity contribution in [3.05, 3.63) is 35.8 Å². The standard InChI is InChI=1S/C26H30F2N8O3S/c1-17-10-35(24(37)26(11-27,12-28)13-30)18(2)9-34(17)22-21-23(33-16-32-22)36(14-25(21,3)15-40(4,38)39)20-7-19(8-29)5-6-31-20/h5-7,16-18H,9-12,14-15H2,1-4H3/t17-,18+,25?/m0/s1. The van der Waals surface area contributed by atoms with Gasteiger partial charge >= 0.3 is 0 Å². The van der Waals surface area contributed by atoms with Crippen molar-refractivity contribution in [3.63, 3.8) is 0 Å². The zero-order valence-corrected chi connectivity index (χ0v) is 23.5. The van der Waals surface area contributed by atoms with E-state index in [1.54, 1.807) is 24.0 Å². The number of carbonyl (C=O) groups is 1. The van der Waals surface area contributed by atoms with E-state index in [0.29, 0.717) is 28.6 Å². The molecule has 11 nitrogen and oxygen atoms in total. The van der Waals surface area contributed by atoms with Crippen molar-refractivity contribution in [3.8, 4) is 12.1 Å². The summed E-state index contributed by atoms with van der Waals surface area (Å²) in [7, 11) is -3.47. The highest BCUT2D eigenvalue weighted by Crippen LogP contribution is 2.48. The molecule has 2 aromatic rings. The maximum atomic E-state index is 13.7. The lowest BCUT2D eigenvalue weighted by atomic mass is 9.86. The number of piperazine rings is 1. The molecule has 0 saturated carbocycles. The second-order valence-electron chi connectivity index (χ2n) is 10.9. The van der Waals surface area contributed by atoms with Gasteiger partial charge in [-0.3, -0.25) is 4.79 Å². The van der Waals surface area contributed by atoms with Gasteiger partial charge in [0.1, 0.15) is 47.0 Å². The van der Waals surface area contributed by atoms with Crippen molar-refractivity contribution in [2.75, 3.05) is 54.8 Å². The number of pyridine rings is 1. The monoisotopic (exact) mass is 572 g/mol. The SMILES string of the molecule is C[C@@H]1CN(c2ncnc3c2C(C)(CS(C)(=O)=O)CN3c2cc(C#N)ccn2)[C@@H](C)CN1C(=O)C(C#N)(CF)CF. The van der Waals surface area contributed by atoms with Crippen LogP contribution in [-0.4, -0.2) is 91.3 Å². The molecule has 0 aliphatic carbocycles. The Morgan fingerprint density at radius 3 is 2.42 bits per heavy atom. The topological polar surface area (TPSA) is 147 Å². The molecule has 1 fully saturated rings. The maximum Gasteiger partial charge on any atom is 0.248 e. The van der Waals surface area contributed by atoms with Gasteiger partial charge in [0.2, 0.25) is 5.91 Å². The van der Waals surface area contributed by atoms with E-state index in [4.69, 9.17) is 0 Å². The molecule has 1 saturated heterocycles. The van der Waals surface area contributed by atoms with E-state index < -0.39 is 52.0 Å². The largest absolute Gasteiger partial charge is 0.350 e. The summed E-state index contributed by atoms with van der Waals surface area (Å²) >= 11 is 0. The van der Waals surface area contributed by atoms with Crippen LogP contribution in [0.5, 0.6) is 0 Å². The second kappa shape index (κ2) is 10.6. The molecule has 40 heavy (non-hydrogen) atoms. The number of sulfone groups is 1. The van der Waals surface area contributed by atoms with Crippen LogP contribution in [0, 0.1) is 28.1 Å². The Morgan fingerprint density at radius 1 is 1.15 bits per heavy atom. The van der Waals surface area contributed by atoms with E-state index in [0.717, 1.165) is 6.26 Å². The van der Waals surface area contributed by atoms with Crippen LogP contribution in [0.25, 0.3) is 0 Å². The van der Waals surface area contributed by atoms with Crippen LogP contribution in [0.15, 0.2) is 24.7 Å². The predicted molar refractivity (Wildman–Crippen MR) is 143 cm³/mol. The predicted octanol–water partition coefficient (Wildman–Crippen LogP) is 2.07. The molecule has 0 N–H and O–H groups in total. The molecule has 4 rings (SSSR count). The third kappa shape index (κ3) is 5.04. The molecule has 212 valence electrons. The first-order valence-corrected chi connectivity index (χ1v) is 14.7. The summed E-state index contributed by atoms with van der Waals surface area (Å²) in [6, 6.07) is 5.84. The van der Waals surface area contributed by atoms with Gasteiger partial charge in [0, 0.05) is 55.1 Å². The Kier molecular flexibility index (Phi) is 7.69. The summed E-state index contributed by atoms with van der Waals surface area (Å²) in [4.78, 5) is 31.6. The molecule has 0 spiro atoms. The van der Waals surface area contributed by atoms with Crippen molar-refractivity contribution in [2.45, 2.75) is 38.3 Å². The summed E-state index contributed by atoms with van der Waals surface area (Å²) in [6.45, 7) is 2.98. The zero-order chi connectivity index (χ0) is 29.5. The lowest BCUT2D eigenvalue weighted by Gasteiger charge is -2.47. The Morgan fingerprint density at radius 2 is 1.82 bits per heavy atom. The fourth-order valence-electron chi connectivity index (χ4n) is 5.59. The number of nitriles is 2. The highest BCUT2D eigenvalue weighted by atomic mass is 32.2. The van der Waals surface area contributed by atoms with Gasteiger partial charge in [-0.15, -0.1) is 0 Å². The molecular formula is C26H30F2N8O3S. The number of nitrogens with zero attached hydrogens (tertiary/aromatic N) is 8. The molecule has 0 bridgehead atoms. The minimum absolute atomic E-state index is 0.0699. The third-order valence-electron chi connectivity index (χ3n) is 7.50. The summed E-state index contributed by atoms with van der Waals surface area (Å²) in [5.41, 5.74) is -2.37. The van der Waals surface area contributed by atoms with Crippen LogP contribution < -0.4 is 9.80 Å². The van der Waals surface area contributed by atoms with E-state index in [1.807, 2.05) is 18.7 Å². The smallest absolute Gasteiger partial charge is 0.248 e. The van der Waals surface area contributed by atoms with Crippen molar-refractivity contribution in [1.82, 2.24) is 19.9 Å². The quantitative estimate of drug-likeness (QED) is 0.483. The number of anilines is 3. The molecule has 2 aromatic heterocycles. The molecule has 3 atom stereocenters. The fraction of sp³-hybridized carbons (Fsp3) is 0.538. The number of hydrogen-bond donors (Lipinski definition) is 0. The lowest BCUT2D eigenvalue weighted by molar-refractivity contribution is -0.143. The van der Waals surface area contributed by atoms with E-state index in [1.165, 1.54) is 23.5 Å². The van der Waals surface area contributed by atoms with Gasteiger partial charge in [-0.1, -0.05) is 6.92 Å². The number of fused-ring (bicyclic) bond motifs is 1. The number of aromatic nitrogens is 3. The van der Waals surface area contributed by atoms with E-state index in [9.17, 15) is 32.5 Å². The number of hydrogen-bond acceptors (Lipinski definition) is 10. The van der Waals surface area contributed by atoms with E-state index >= 15 is 0 Å². The number of halogens is 2. The van der Waals surface area contributed by atoms with Gasteiger partial charge < -0.3 is 14.7 Å². The zero-order valence-electron chi connectivity index (χ0n) is 22.7. The van der Waals surface area contributed by atoms with Gasteiger partial charge in [0.05, 0.1) is 23.5 Å². The summed E-state index contributed by atoms with van der Waals surface area (Å²) in [5.74, 6) is 0.259. The number of alkyl halides is 2. The van der Waals surface area contributed by atoms with Crippen LogP contribution in [0.3, 0.4) is 0 Å². The van der Waals surface area contributed by atoms with E-state index in [-0.39, 0.29) is 25.4 Å². The fourth-order valence-corrected chi connectivity index (χ4v) is 6.98. The van der Waals surface area contributed by atoms with Crippen LogP contribution >= 0.6 is 0 Å².